The van der Waals surface area contributed by atoms with E-state index in [-0.39, 0.29) is 29.0 Å². The van der Waals surface area contributed by atoms with Crippen molar-refractivity contribution in [2.45, 2.75) is 50.0 Å². The van der Waals surface area contributed by atoms with E-state index in [1.807, 2.05) is 0 Å². The lowest BCUT2D eigenvalue weighted by Crippen LogP contribution is -2.46. The van der Waals surface area contributed by atoms with Gasteiger partial charge in [0.15, 0.2) is 0 Å². The summed E-state index contributed by atoms with van der Waals surface area (Å²) in [6.07, 6.45) is 5.33. The normalized spacial score (nSPS) is 17.5. The van der Waals surface area contributed by atoms with Gasteiger partial charge in [0.25, 0.3) is 0 Å². The number of rotatable bonds is 6. The highest BCUT2D eigenvalue weighted by molar-refractivity contribution is 7.89. The van der Waals surface area contributed by atoms with Gasteiger partial charge in [-0.3, -0.25) is 0 Å². The predicted octanol–water partition coefficient (Wildman–Crippen LogP) is 1.97. The fraction of sp³-hybridized carbons (Fsp3) is 0.588. The van der Waals surface area contributed by atoms with Crippen LogP contribution in [0.1, 0.15) is 48.0 Å². The summed E-state index contributed by atoms with van der Waals surface area (Å²) in [5, 5.41) is 0. The van der Waals surface area contributed by atoms with Crippen molar-refractivity contribution in [3.63, 3.8) is 0 Å². The van der Waals surface area contributed by atoms with Gasteiger partial charge in [0, 0.05) is 12.6 Å². The van der Waals surface area contributed by atoms with Crippen LogP contribution in [0, 0.1) is 12.8 Å². The van der Waals surface area contributed by atoms with Gasteiger partial charge in [0.2, 0.25) is 10.0 Å². The molecule has 1 aromatic carbocycles. The van der Waals surface area contributed by atoms with Crippen LogP contribution in [0.15, 0.2) is 23.1 Å². The summed E-state index contributed by atoms with van der Waals surface area (Å²) in [7, 11) is -2.62. The number of carbonyl (C=O) groups is 1. The SMILES string of the molecule is COC(=O)c1cc(C)ccc1S(=O)(=O)NC(CN)C1CCCCC1. The number of hydrogen-bond donors (Lipinski definition) is 2. The summed E-state index contributed by atoms with van der Waals surface area (Å²) in [5.74, 6) is -0.424. The zero-order valence-electron chi connectivity index (χ0n) is 14.2. The molecule has 24 heavy (non-hydrogen) atoms. The number of nitrogens with one attached hydrogen (secondary N) is 1. The van der Waals surface area contributed by atoms with E-state index in [4.69, 9.17) is 10.5 Å². The smallest absolute Gasteiger partial charge is 0.339 e. The maximum atomic E-state index is 12.8. The fourth-order valence-electron chi connectivity index (χ4n) is 3.28. The lowest BCUT2D eigenvalue weighted by Gasteiger charge is -2.30. The van der Waals surface area contributed by atoms with Crippen LogP contribution in [0.2, 0.25) is 0 Å². The Labute approximate surface area is 143 Å². The quantitative estimate of drug-likeness (QED) is 0.761. The van der Waals surface area contributed by atoms with E-state index in [2.05, 4.69) is 4.72 Å². The highest BCUT2D eigenvalue weighted by Crippen LogP contribution is 2.27. The van der Waals surface area contributed by atoms with E-state index >= 15 is 0 Å². The molecule has 0 heterocycles. The van der Waals surface area contributed by atoms with Crippen LogP contribution < -0.4 is 10.5 Å². The Hall–Kier alpha value is -1.44. The second-order valence-corrected chi connectivity index (χ2v) is 8.04. The van der Waals surface area contributed by atoms with Crippen molar-refractivity contribution in [2.75, 3.05) is 13.7 Å². The van der Waals surface area contributed by atoms with Crippen molar-refractivity contribution in [1.82, 2.24) is 4.72 Å². The molecule has 1 saturated carbocycles. The molecule has 6 nitrogen and oxygen atoms in total. The Morgan fingerprint density at radius 2 is 2.00 bits per heavy atom. The minimum Gasteiger partial charge on any atom is -0.465 e. The number of esters is 1. The summed E-state index contributed by atoms with van der Waals surface area (Å²) in [5.41, 5.74) is 6.65. The molecule has 0 aliphatic heterocycles. The van der Waals surface area contributed by atoms with E-state index in [9.17, 15) is 13.2 Å². The largest absolute Gasteiger partial charge is 0.465 e. The number of nitrogens with two attached hydrogens (primary N) is 1. The molecule has 1 unspecified atom stereocenters. The minimum atomic E-state index is -3.85. The van der Waals surface area contributed by atoms with Gasteiger partial charge in [-0.25, -0.2) is 17.9 Å². The monoisotopic (exact) mass is 354 g/mol. The Morgan fingerprint density at radius 3 is 2.58 bits per heavy atom. The average Bonchev–Trinajstić information content (AvgIpc) is 2.59. The molecule has 0 aromatic heterocycles. The second kappa shape index (κ2) is 8.09. The highest BCUT2D eigenvalue weighted by atomic mass is 32.2. The third-order valence-electron chi connectivity index (χ3n) is 4.61. The zero-order valence-corrected chi connectivity index (χ0v) is 15.1. The minimum absolute atomic E-state index is 0.0458. The van der Waals surface area contributed by atoms with Crippen LogP contribution in [-0.2, 0) is 14.8 Å². The number of methoxy groups -OCH3 is 1. The number of sulfonamides is 1. The Kier molecular flexibility index (Phi) is 6.37. The van der Waals surface area contributed by atoms with Crippen LogP contribution in [0.4, 0.5) is 0 Å². The third-order valence-corrected chi connectivity index (χ3v) is 6.16. The van der Waals surface area contributed by atoms with Gasteiger partial charge in [-0.05, 0) is 37.8 Å². The van der Waals surface area contributed by atoms with Crippen molar-refractivity contribution in [1.29, 1.82) is 0 Å². The third kappa shape index (κ3) is 4.34. The molecule has 0 radical (unpaired) electrons. The van der Waals surface area contributed by atoms with Crippen molar-refractivity contribution < 1.29 is 17.9 Å². The molecule has 2 rings (SSSR count). The van der Waals surface area contributed by atoms with Gasteiger partial charge in [-0.1, -0.05) is 30.9 Å². The van der Waals surface area contributed by atoms with Crippen molar-refractivity contribution >= 4 is 16.0 Å². The first-order valence-corrected chi connectivity index (χ1v) is 9.78. The van der Waals surface area contributed by atoms with Gasteiger partial charge < -0.3 is 10.5 Å². The summed E-state index contributed by atoms with van der Waals surface area (Å²) in [6, 6.07) is 4.32. The van der Waals surface area contributed by atoms with Crippen molar-refractivity contribution in [3.8, 4) is 0 Å². The number of ether oxygens (including phenoxy) is 1. The molecule has 1 aliphatic rings. The van der Waals surface area contributed by atoms with Gasteiger partial charge in [0.05, 0.1) is 17.6 Å². The van der Waals surface area contributed by atoms with Crippen LogP contribution in [-0.4, -0.2) is 34.1 Å². The number of carbonyl (C=O) groups excluding carboxylic acids is 1. The molecule has 1 aliphatic carbocycles. The van der Waals surface area contributed by atoms with Crippen LogP contribution in [0.3, 0.4) is 0 Å². The van der Waals surface area contributed by atoms with Gasteiger partial charge in [0.1, 0.15) is 0 Å². The maximum absolute atomic E-state index is 12.8. The second-order valence-electron chi connectivity index (χ2n) is 6.35. The molecule has 1 fully saturated rings. The van der Waals surface area contributed by atoms with E-state index < -0.39 is 16.0 Å². The van der Waals surface area contributed by atoms with Gasteiger partial charge in [-0.2, -0.15) is 0 Å². The molecule has 0 bridgehead atoms. The molecule has 0 spiro atoms. The predicted molar refractivity (Wildman–Crippen MR) is 92.3 cm³/mol. The van der Waals surface area contributed by atoms with Gasteiger partial charge >= 0.3 is 5.97 Å². The summed E-state index contributed by atoms with van der Waals surface area (Å²) >= 11 is 0. The molecule has 0 amide bonds. The molecular formula is C17H26N2O4S. The maximum Gasteiger partial charge on any atom is 0.339 e. The van der Waals surface area contributed by atoms with E-state index in [1.165, 1.54) is 25.7 Å². The number of hydrogen-bond acceptors (Lipinski definition) is 5. The molecule has 0 saturated heterocycles. The van der Waals surface area contributed by atoms with E-state index in [1.54, 1.807) is 13.0 Å². The van der Waals surface area contributed by atoms with E-state index in [0.29, 0.717) is 0 Å². The molecule has 7 heteroatoms. The van der Waals surface area contributed by atoms with Crippen molar-refractivity contribution in [3.05, 3.63) is 29.3 Å². The first kappa shape index (κ1) is 18.9. The van der Waals surface area contributed by atoms with Crippen LogP contribution in [0.25, 0.3) is 0 Å². The topological polar surface area (TPSA) is 98.5 Å². The van der Waals surface area contributed by atoms with Crippen molar-refractivity contribution in [2.24, 2.45) is 11.7 Å². The zero-order chi connectivity index (χ0) is 17.7. The Morgan fingerprint density at radius 1 is 1.33 bits per heavy atom. The molecule has 1 aromatic rings. The Bertz CT molecular complexity index is 682. The number of benzene rings is 1. The first-order valence-electron chi connectivity index (χ1n) is 8.30. The summed E-state index contributed by atoms with van der Waals surface area (Å²) in [4.78, 5) is 11.9. The van der Waals surface area contributed by atoms with Crippen LogP contribution >= 0.6 is 0 Å². The molecule has 3 N–H and O–H groups in total. The molecular weight excluding hydrogens is 328 g/mol. The van der Waals surface area contributed by atoms with Crippen LogP contribution in [0.5, 0.6) is 0 Å². The highest BCUT2D eigenvalue weighted by Gasteiger charge is 2.30. The van der Waals surface area contributed by atoms with E-state index in [0.717, 1.165) is 31.2 Å². The Balaban J connectivity index is 2.30. The molecule has 1 atom stereocenters. The number of aryl methyl sites for hydroxylation is 1. The summed E-state index contributed by atoms with van der Waals surface area (Å²) < 4.78 is 33.1. The summed E-state index contributed by atoms with van der Waals surface area (Å²) in [6.45, 7) is 2.03. The lowest BCUT2D eigenvalue weighted by atomic mass is 9.84. The van der Waals surface area contributed by atoms with Gasteiger partial charge in [-0.15, -0.1) is 0 Å². The molecule has 134 valence electrons. The standard InChI is InChI=1S/C17H26N2O4S/c1-12-8-9-16(14(10-12)17(20)23-2)24(21,22)19-15(11-18)13-6-4-3-5-7-13/h8-10,13,15,19H,3-7,11,18H2,1-2H3. The lowest BCUT2D eigenvalue weighted by molar-refractivity contribution is 0.0596. The first-order chi connectivity index (χ1) is 11.4. The fourth-order valence-corrected chi connectivity index (χ4v) is 4.78. The average molecular weight is 354 g/mol.